The third-order valence-corrected chi connectivity index (χ3v) is 5.79. The Kier molecular flexibility index (Phi) is 3.77. The van der Waals surface area contributed by atoms with E-state index >= 15 is 0 Å². The Morgan fingerprint density at radius 2 is 2.19 bits per heavy atom. The average molecular weight is 306 g/mol. The lowest BCUT2D eigenvalue weighted by Gasteiger charge is -2.34. The molecule has 0 unspecified atom stereocenters. The quantitative estimate of drug-likeness (QED) is 0.941. The number of H-pyrrole nitrogens is 1. The van der Waals surface area contributed by atoms with E-state index in [-0.39, 0.29) is 10.9 Å². The smallest absolute Gasteiger partial charge is 0.245 e. The first-order valence-corrected chi connectivity index (χ1v) is 8.46. The van der Waals surface area contributed by atoms with Gasteiger partial charge in [-0.2, -0.15) is 9.40 Å². The molecule has 0 amide bonds. The minimum Gasteiger partial charge on any atom is -0.281 e. The fraction of sp³-hybridized carbons (Fsp3) is 0.429. The van der Waals surface area contributed by atoms with Crippen molar-refractivity contribution in [2.75, 3.05) is 6.54 Å². The summed E-state index contributed by atoms with van der Waals surface area (Å²) < 4.78 is 27.3. The molecule has 3 rings (SSSR count). The zero-order valence-electron chi connectivity index (χ0n) is 11.9. The van der Waals surface area contributed by atoms with Crippen molar-refractivity contribution in [2.24, 2.45) is 0 Å². The monoisotopic (exact) mass is 306 g/mol. The third kappa shape index (κ3) is 2.58. The van der Waals surface area contributed by atoms with Crippen molar-refractivity contribution in [1.29, 1.82) is 0 Å². The number of piperidine rings is 1. The Morgan fingerprint density at radius 3 is 2.86 bits per heavy atom. The Hall–Kier alpha value is -1.73. The van der Waals surface area contributed by atoms with Gasteiger partial charge in [0.05, 0.1) is 17.9 Å². The lowest BCUT2D eigenvalue weighted by Crippen LogP contribution is -2.38. The number of hydrogen-bond donors (Lipinski definition) is 1. The molecule has 0 saturated carbocycles. The summed E-state index contributed by atoms with van der Waals surface area (Å²) in [7, 11) is -3.53. The highest BCUT2D eigenvalue weighted by Gasteiger charge is 2.35. The molecule has 6 nitrogen and oxygen atoms in total. The predicted octanol–water partition coefficient (Wildman–Crippen LogP) is 2.03. The van der Waals surface area contributed by atoms with E-state index in [9.17, 15) is 8.42 Å². The first kappa shape index (κ1) is 14.2. The van der Waals surface area contributed by atoms with E-state index in [1.807, 2.05) is 6.92 Å². The lowest BCUT2D eigenvalue weighted by atomic mass is 10.00. The van der Waals surface area contributed by atoms with E-state index in [2.05, 4.69) is 15.2 Å². The number of sulfonamides is 1. The Labute approximate surface area is 124 Å². The largest absolute Gasteiger partial charge is 0.281 e. The molecule has 0 spiro atoms. The molecule has 112 valence electrons. The predicted molar refractivity (Wildman–Crippen MR) is 78.0 cm³/mol. The maximum atomic E-state index is 12.9. The number of nitrogens with zero attached hydrogens (tertiary/aromatic N) is 3. The highest BCUT2D eigenvalue weighted by atomic mass is 32.2. The van der Waals surface area contributed by atoms with Crippen molar-refractivity contribution in [3.05, 3.63) is 42.0 Å². The van der Waals surface area contributed by atoms with Crippen LogP contribution in [0.1, 0.15) is 36.6 Å². The van der Waals surface area contributed by atoms with Crippen LogP contribution in [0.3, 0.4) is 0 Å². The van der Waals surface area contributed by atoms with Crippen LogP contribution in [0.25, 0.3) is 0 Å². The van der Waals surface area contributed by atoms with E-state index < -0.39 is 10.0 Å². The molecule has 1 aliphatic heterocycles. The first-order chi connectivity index (χ1) is 10.1. The molecule has 1 atom stereocenters. The van der Waals surface area contributed by atoms with Gasteiger partial charge in [-0.15, -0.1) is 0 Å². The molecule has 0 bridgehead atoms. The van der Waals surface area contributed by atoms with Crippen LogP contribution >= 0.6 is 0 Å². The van der Waals surface area contributed by atoms with Crippen LogP contribution in [-0.2, 0) is 10.0 Å². The van der Waals surface area contributed by atoms with E-state index in [4.69, 9.17) is 0 Å². The normalized spacial score (nSPS) is 20.5. The van der Waals surface area contributed by atoms with E-state index in [0.717, 1.165) is 30.5 Å². The lowest BCUT2D eigenvalue weighted by molar-refractivity contribution is 0.250. The van der Waals surface area contributed by atoms with Crippen LogP contribution in [0.2, 0.25) is 0 Å². The van der Waals surface area contributed by atoms with Gasteiger partial charge in [0, 0.05) is 18.9 Å². The molecule has 1 saturated heterocycles. The second kappa shape index (κ2) is 5.57. The van der Waals surface area contributed by atoms with E-state index in [0.29, 0.717) is 6.54 Å². The van der Waals surface area contributed by atoms with Crippen LogP contribution in [-0.4, -0.2) is 34.4 Å². The number of rotatable bonds is 3. The van der Waals surface area contributed by atoms with Crippen molar-refractivity contribution < 1.29 is 8.42 Å². The van der Waals surface area contributed by atoms with Crippen LogP contribution in [0.4, 0.5) is 0 Å². The fourth-order valence-electron chi connectivity index (χ4n) is 2.81. The minimum absolute atomic E-state index is 0.175. The summed E-state index contributed by atoms with van der Waals surface area (Å²) in [5.41, 5.74) is 1.88. The highest BCUT2D eigenvalue weighted by Crippen LogP contribution is 2.35. The van der Waals surface area contributed by atoms with Crippen molar-refractivity contribution in [2.45, 2.75) is 37.1 Å². The van der Waals surface area contributed by atoms with Crippen molar-refractivity contribution >= 4 is 10.0 Å². The molecule has 0 radical (unpaired) electrons. The van der Waals surface area contributed by atoms with Crippen LogP contribution in [0.5, 0.6) is 0 Å². The molecule has 2 aromatic heterocycles. The standard InChI is InChI=1S/C14H18N4O2S/c1-11-9-16-17-14(11)13-6-2-3-8-18(13)21(19,20)12-5-4-7-15-10-12/h4-5,7,9-10,13H,2-3,6,8H2,1H3,(H,16,17)/t13-/m1/s1. The molecule has 3 heterocycles. The molecular formula is C14H18N4O2S. The fourth-order valence-corrected chi connectivity index (χ4v) is 4.44. The van der Waals surface area contributed by atoms with Crippen molar-refractivity contribution in [3.8, 4) is 0 Å². The summed E-state index contributed by atoms with van der Waals surface area (Å²) in [6, 6.07) is 3.06. The second-order valence-electron chi connectivity index (χ2n) is 5.28. The summed E-state index contributed by atoms with van der Waals surface area (Å²) in [5.74, 6) is 0. The third-order valence-electron chi connectivity index (χ3n) is 3.90. The molecule has 7 heteroatoms. The zero-order valence-corrected chi connectivity index (χ0v) is 12.7. The van der Waals surface area contributed by atoms with Crippen molar-refractivity contribution in [1.82, 2.24) is 19.5 Å². The van der Waals surface area contributed by atoms with Gasteiger partial charge in [0.25, 0.3) is 0 Å². The van der Waals surface area contributed by atoms with Crippen LogP contribution in [0, 0.1) is 6.92 Å². The van der Waals surface area contributed by atoms with Gasteiger partial charge in [0.1, 0.15) is 4.90 Å². The molecule has 0 aromatic carbocycles. The SMILES string of the molecule is Cc1cn[nH]c1[C@H]1CCCCN1S(=O)(=O)c1cccnc1. The topological polar surface area (TPSA) is 79.0 Å². The molecule has 1 fully saturated rings. The highest BCUT2D eigenvalue weighted by molar-refractivity contribution is 7.89. The second-order valence-corrected chi connectivity index (χ2v) is 7.17. The molecule has 1 aliphatic rings. The maximum Gasteiger partial charge on any atom is 0.245 e. The van der Waals surface area contributed by atoms with Gasteiger partial charge in [-0.1, -0.05) is 6.42 Å². The maximum absolute atomic E-state index is 12.9. The number of pyridine rings is 1. The molecule has 2 aromatic rings. The van der Waals surface area contributed by atoms with Crippen LogP contribution < -0.4 is 0 Å². The van der Waals surface area contributed by atoms with Gasteiger partial charge in [0.2, 0.25) is 10.0 Å². The summed E-state index contributed by atoms with van der Waals surface area (Å²) in [6.45, 7) is 2.47. The molecular weight excluding hydrogens is 288 g/mol. The average Bonchev–Trinajstić information content (AvgIpc) is 2.94. The van der Waals surface area contributed by atoms with E-state index in [1.165, 1.54) is 6.20 Å². The molecule has 1 N–H and O–H groups in total. The van der Waals surface area contributed by atoms with Gasteiger partial charge in [0.15, 0.2) is 0 Å². The number of aryl methyl sites for hydroxylation is 1. The molecule has 21 heavy (non-hydrogen) atoms. The number of aromatic amines is 1. The van der Waals surface area contributed by atoms with Gasteiger partial charge in [-0.05, 0) is 37.5 Å². The summed E-state index contributed by atoms with van der Waals surface area (Å²) in [6.07, 6.45) is 7.42. The summed E-state index contributed by atoms with van der Waals surface area (Å²) >= 11 is 0. The molecule has 0 aliphatic carbocycles. The Balaban J connectivity index is 2.01. The van der Waals surface area contributed by atoms with Gasteiger partial charge >= 0.3 is 0 Å². The van der Waals surface area contributed by atoms with Crippen LogP contribution in [0.15, 0.2) is 35.6 Å². The van der Waals surface area contributed by atoms with Gasteiger partial charge in [-0.25, -0.2) is 8.42 Å². The zero-order chi connectivity index (χ0) is 14.9. The Bertz CT molecular complexity index is 712. The summed E-state index contributed by atoms with van der Waals surface area (Å²) in [4.78, 5) is 4.17. The number of hydrogen-bond acceptors (Lipinski definition) is 4. The minimum atomic E-state index is -3.53. The number of nitrogens with one attached hydrogen (secondary N) is 1. The number of aromatic nitrogens is 3. The summed E-state index contributed by atoms with van der Waals surface area (Å²) in [5, 5.41) is 6.98. The first-order valence-electron chi connectivity index (χ1n) is 7.02. The van der Waals surface area contributed by atoms with Gasteiger partial charge in [-0.3, -0.25) is 10.1 Å². The Morgan fingerprint density at radius 1 is 1.33 bits per heavy atom. The van der Waals surface area contributed by atoms with Crippen molar-refractivity contribution in [3.63, 3.8) is 0 Å². The van der Waals surface area contributed by atoms with Gasteiger partial charge < -0.3 is 0 Å². The van der Waals surface area contributed by atoms with E-state index in [1.54, 1.807) is 28.8 Å².